The smallest absolute Gasteiger partial charge is 0.271 e. The molecule has 80 valence electrons. The van der Waals surface area contributed by atoms with Gasteiger partial charge in [0.05, 0.1) is 15.1 Å². The molecule has 0 spiro atoms. The highest BCUT2D eigenvalue weighted by Crippen LogP contribution is 2.30. The van der Waals surface area contributed by atoms with E-state index in [4.69, 9.17) is 34.8 Å². The average molecular weight is 266 g/mol. The predicted octanol–water partition coefficient (Wildman–Crippen LogP) is 2.96. The fraction of sp³-hybridized carbons (Fsp3) is 0.111. The Morgan fingerprint density at radius 1 is 1.47 bits per heavy atom. The number of nitrogens with zero attached hydrogens (tertiary/aromatic N) is 1. The Morgan fingerprint density at radius 3 is 2.73 bits per heavy atom. The minimum absolute atomic E-state index is 0.0470. The molecule has 6 heteroatoms. The van der Waals surface area contributed by atoms with Crippen molar-refractivity contribution in [2.45, 2.75) is 0 Å². The first-order chi connectivity index (χ1) is 7.07. The van der Waals surface area contributed by atoms with Gasteiger partial charge in [-0.1, -0.05) is 40.9 Å². The van der Waals surface area contributed by atoms with Crippen molar-refractivity contribution in [3.63, 3.8) is 0 Å². The topological polar surface area (TPSA) is 42.0 Å². The van der Waals surface area contributed by atoms with Crippen LogP contribution in [-0.2, 0) is 0 Å². The summed E-state index contributed by atoms with van der Waals surface area (Å²) in [5.74, 6) is -0.418. The number of pyridine rings is 1. The minimum atomic E-state index is -0.418. The molecule has 1 N–H and O–H groups in total. The lowest BCUT2D eigenvalue weighted by atomic mass is 10.3. The van der Waals surface area contributed by atoms with Crippen molar-refractivity contribution in [2.24, 2.45) is 0 Å². The fourth-order valence-corrected chi connectivity index (χ4v) is 1.42. The van der Waals surface area contributed by atoms with Gasteiger partial charge in [0, 0.05) is 12.7 Å². The van der Waals surface area contributed by atoms with Gasteiger partial charge in [0.1, 0.15) is 5.69 Å². The van der Waals surface area contributed by atoms with Crippen LogP contribution in [0.15, 0.2) is 18.9 Å². The number of carbonyl (C=O) groups excluding carboxylic acids is 1. The maximum absolute atomic E-state index is 11.5. The molecule has 0 aliphatic rings. The summed E-state index contributed by atoms with van der Waals surface area (Å²) in [6.45, 7) is 3.80. The van der Waals surface area contributed by atoms with Crippen LogP contribution in [0.25, 0.3) is 0 Å². The van der Waals surface area contributed by atoms with Crippen LogP contribution in [0.5, 0.6) is 0 Å². The molecule has 0 fully saturated rings. The first-order valence-corrected chi connectivity index (χ1v) is 5.10. The van der Waals surface area contributed by atoms with E-state index in [2.05, 4.69) is 16.9 Å². The first kappa shape index (κ1) is 12.3. The molecule has 1 heterocycles. The van der Waals surface area contributed by atoms with Crippen molar-refractivity contribution in [3.05, 3.63) is 39.6 Å². The summed E-state index contributed by atoms with van der Waals surface area (Å²) in [5, 5.41) is 2.91. The van der Waals surface area contributed by atoms with Crippen LogP contribution in [0.4, 0.5) is 0 Å². The number of hydrogen-bond donors (Lipinski definition) is 1. The summed E-state index contributed by atoms with van der Waals surface area (Å²) in [5.41, 5.74) is 0.0490. The second-order valence-corrected chi connectivity index (χ2v) is 3.74. The molecule has 0 aliphatic carbocycles. The zero-order chi connectivity index (χ0) is 11.4. The van der Waals surface area contributed by atoms with Crippen molar-refractivity contribution >= 4 is 40.7 Å². The lowest BCUT2D eigenvalue weighted by Gasteiger charge is -2.05. The van der Waals surface area contributed by atoms with Gasteiger partial charge in [-0.05, 0) is 0 Å². The Hall–Kier alpha value is -0.770. The van der Waals surface area contributed by atoms with E-state index in [0.29, 0.717) is 6.54 Å². The maximum Gasteiger partial charge on any atom is 0.271 e. The number of hydrogen-bond acceptors (Lipinski definition) is 2. The van der Waals surface area contributed by atoms with Crippen molar-refractivity contribution in [2.75, 3.05) is 6.54 Å². The van der Waals surface area contributed by atoms with Crippen molar-refractivity contribution in [1.29, 1.82) is 0 Å². The molecule has 0 unspecified atom stereocenters. The normalized spacial score (nSPS) is 9.80. The molecule has 15 heavy (non-hydrogen) atoms. The summed E-state index contributed by atoms with van der Waals surface area (Å²) in [4.78, 5) is 15.3. The van der Waals surface area contributed by atoms with Gasteiger partial charge in [0.15, 0.2) is 0 Å². The monoisotopic (exact) mass is 264 g/mol. The van der Waals surface area contributed by atoms with E-state index in [9.17, 15) is 4.79 Å². The zero-order valence-corrected chi connectivity index (χ0v) is 9.83. The third-order valence-electron chi connectivity index (χ3n) is 1.54. The van der Waals surface area contributed by atoms with Gasteiger partial charge >= 0.3 is 0 Å². The summed E-state index contributed by atoms with van der Waals surface area (Å²) < 4.78 is 0. The van der Waals surface area contributed by atoms with E-state index in [1.54, 1.807) is 6.08 Å². The Bertz CT molecular complexity index is 407. The summed E-state index contributed by atoms with van der Waals surface area (Å²) >= 11 is 17.2. The standard InChI is InChI=1S/C9H7Cl3N2O/c1-2-3-13-9(15)8-7(12)6(11)5(10)4-14-8/h2,4H,1,3H2,(H,13,15). The quantitative estimate of drug-likeness (QED) is 0.854. The second kappa shape index (κ2) is 5.35. The number of nitrogens with one attached hydrogen (secondary N) is 1. The number of rotatable bonds is 3. The Labute approximate surface area is 102 Å². The third-order valence-corrected chi connectivity index (χ3v) is 2.78. The SMILES string of the molecule is C=CCNC(=O)c1ncc(Cl)c(Cl)c1Cl. The molecule has 0 aliphatic heterocycles. The molecule has 1 rings (SSSR count). The van der Waals surface area contributed by atoms with Crippen molar-refractivity contribution < 1.29 is 4.79 Å². The molecule has 1 aromatic heterocycles. The molecule has 1 aromatic rings. The van der Waals surface area contributed by atoms with E-state index in [1.165, 1.54) is 6.20 Å². The molecular formula is C9H7Cl3N2O. The van der Waals surface area contributed by atoms with E-state index >= 15 is 0 Å². The fourth-order valence-electron chi connectivity index (χ4n) is 0.850. The molecule has 1 amide bonds. The Morgan fingerprint density at radius 2 is 2.13 bits per heavy atom. The molecule has 0 atom stereocenters. The van der Waals surface area contributed by atoms with Gasteiger partial charge in [-0.25, -0.2) is 4.98 Å². The third kappa shape index (κ3) is 2.84. The van der Waals surface area contributed by atoms with Gasteiger partial charge in [0.2, 0.25) is 0 Å². The van der Waals surface area contributed by atoms with Gasteiger partial charge in [-0.3, -0.25) is 4.79 Å². The molecule has 0 radical (unpaired) electrons. The summed E-state index contributed by atoms with van der Waals surface area (Å²) in [6, 6.07) is 0. The lowest BCUT2D eigenvalue weighted by molar-refractivity contribution is 0.0953. The van der Waals surface area contributed by atoms with Crippen LogP contribution in [0.1, 0.15) is 10.5 Å². The van der Waals surface area contributed by atoms with Crippen LogP contribution in [0.3, 0.4) is 0 Å². The van der Waals surface area contributed by atoms with E-state index in [0.717, 1.165) is 0 Å². The predicted molar refractivity (Wildman–Crippen MR) is 61.8 cm³/mol. The largest absolute Gasteiger partial charge is 0.347 e. The van der Waals surface area contributed by atoms with E-state index in [-0.39, 0.29) is 20.8 Å². The first-order valence-electron chi connectivity index (χ1n) is 3.96. The van der Waals surface area contributed by atoms with Gasteiger partial charge in [0.25, 0.3) is 5.91 Å². The van der Waals surface area contributed by atoms with Crippen LogP contribution < -0.4 is 5.32 Å². The molecule has 3 nitrogen and oxygen atoms in total. The molecule has 0 saturated carbocycles. The molecule has 0 bridgehead atoms. The number of carbonyl (C=O) groups is 1. The number of aromatic nitrogens is 1. The van der Waals surface area contributed by atoms with Crippen LogP contribution in [0.2, 0.25) is 15.1 Å². The maximum atomic E-state index is 11.5. The van der Waals surface area contributed by atoms with Crippen molar-refractivity contribution in [1.82, 2.24) is 10.3 Å². The van der Waals surface area contributed by atoms with Gasteiger partial charge in [-0.15, -0.1) is 6.58 Å². The lowest BCUT2D eigenvalue weighted by Crippen LogP contribution is -2.24. The highest BCUT2D eigenvalue weighted by Gasteiger charge is 2.15. The second-order valence-electron chi connectivity index (χ2n) is 2.58. The minimum Gasteiger partial charge on any atom is -0.347 e. The highest BCUT2D eigenvalue weighted by molar-refractivity contribution is 6.48. The van der Waals surface area contributed by atoms with Crippen molar-refractivity contribution in [3.8, 4) is 0 Å². The summed E-state index contributed by atoms with van der Waals surface area (Å²) in [7, 11) is 0. The number of halogens is 3. The zero-order valence-electron chi connectivity index (χ0n) is 7.56. The summed E-state index contributed by atoms with van der Waals surface area (Å²) in [6.07, 6.45) is 2.82. The van der Waals surface area contributed by atoms with Crippen LogP contribution >= 0.6 is 34.8 Å². The Kier molecular flexibility index (Phi) is 4.39. The van der Waals surface area contributed by atoms with Crippen LogP contribution in [0, 0.1) is 0 Å². The van der Waals surface area contributed by atoms with Crippen LogP contribution in [-0.4, -0.2) is 17.4 Å². The Balaban J connectivity index is 3.00. The highest BCUT2D eigenvalue weighted by atomic mass is 35.5. The van der Waals surface area contributed by atoms with Gasteiger partial charge < -0.3 is 5.32 Å². The molecule has 0 aromatic carbocycles. The molecular weight excluding hydrogens is 258 g/mol. The molecule has 0 saturated heterocycles. The average Bonchev–Trinajstić information content (AvgIpc) is 2.23. The van der Waals surface area contributed by atoms with Gasteiger partial charge in [-0.2, -0.15) is 0 Å². The van der Waals surface area contributed by atoms with E-state index < -0.39 is 5.91 Å². The number of amides is 1. The van der Waals surface area contributed by atoms with E-state index in [1.807, 2.05) is 0 Å².